The van der Waals surface area contributed by atoms with Crippen molar-refractivity contribution in [1.82, 2.24) is 15.1 Å². The molecule has 7 heteroatoms. The summed E-state index contributed by atoms with van der Waals surface area (Å²) in [4.78, 5) is 16.6. The molecule has 1 fully saturated rings. The van der Waals surface area contributed by atoms with Crippen molar-refractivity contribution in [3.8, 4) is 17.2 Å². The van der Waals surface area contributed by atoms with Crippen LogP contribution in [-0.2, 0) is 13.0 Å². The molecule has 2 aromatic rings. The zero-order chi connectivity index (χ0) is 20.8. The van der Waals surface area contributed by atoms with E-state index in [-0.39, 0.29) is 12.8 Å². The molecule has 30 heavy (non-hydrogen) atoms. The number of aryl methyl sites for hydroxylation is 1. The van der Waals surface area contributed by atoms with Gasteiger partial charge in [0.1, 0.15) is 5.75 Å². The van der Waals surface area contributed by atoms with Gasteiger partial charge in [-0.05, 0) is 41.8 Å². The summed E-state index contributed by atoms with van der Waals surface area (Å²) in [5.41, 5.74) is 2.49. The fourth-order valence-electron chi connectivity index (χ4n) is 3.74. The van der Waals surface area contributed by atoms with Crippen molar-refractivity contribution < 1.29 is 19.0 Å². The number of hydrogen-bond acceptors (Lipinski definition) is 5. The molecule has 160 valence electrons. The number of piperazine rings is 1. The molecule has 1 saturated heterocycles. The van der Waals surface area contributed by atoms with E-state index in [1.54, 1.807) is 0 Å². The van der Waals surface area contributed by atoms with Gasteiger partial charge in [0.05, 0.1) is 0 Å². The molecule has 0 aliphatic carbocycles. The van der Waals surface area contributed by atoms with Crippen LogP contribution in [0.1, 0.15) is 24.5 Å². The number of urea groups is 1. The minimum Gasteiger partial charge on any atom is -0.473 e. The number of carbonyl (C=O) groups is 1. The number of hydrogen-bond donors (Lipinski definition) is 1. The van der Waals surface area contributed by atoms with E-state index in [0.717, 1.165) is 49.7 Å². The first-order chi connectivity index (χ1) is 14.7. The molecule has 7 nitrogen and oxygen atoms in total. The minimum absolute atomic E-state index is 0.0830. The highest BCUT2D eigenvalue weighted by Gasteiger charge is 2.22. The van der Waals surface area contributed by atoms with Crippen LogP contribution in [0.5, 0.6) is 17.2 Å². The molecule has 0 aromatic heterocycles. The highest BCUT2D eigenvalue weighted by molar-refractivity contribution is 5.74. The van der Waals surface area contributed by atoms with E-state index in [0.29, 0.717) is 19.9 Å². The first-order valence-electron chi connectivity index (χ1n) is 10.6. The normalized spacial score (nSPS) is 15.8. The van der Waals surface area contributed by atoms with E-state index in [1.165, 1.54) is 11.1 Å². The molecule has 2 aliphatic heterocycles. The van der Waals surface area contributed by atoms with Gasteiger partial charge in [0, 0.05) is 32.7 Å². The number of carbonyl (C=O) groups excluding carboxylic acids is 1. The SMILES string of the molecule is CCCc1ccc(OCNC(=O)N2CCN(Cc3ccc4c(c3)OCO4)CC2)cc1. The average Bonchev–Trinajstić information content (AvgIpc) is 3.23. The van der Waals surface area contributed by atoms with Crippen LogP contribution in [0.4, 0.5) is 4.79 Å². The van der Waals surface area contributed by atoms with Gasteiger partial charge in [-0.25, -0.2) is 4.79 Å². The van der Waals surface area contributed by atoms with Gasteiger partial charge in [-0.15, -0.1) is 0 Å². The molecule has 0 saturated carbocycles. The van der Waals surface area contributed by atoms with Crippen LogP contribution in [0.25, 0.3) is 0 Å². The van der Waals surface area contributed by atoms with Crippen LogP contribution >= 0.6 is 0 Å². The Balaban J connectivity index is 1.17. The standard InChI is InChI=1S/C23H29N3O4/c1-2-3-18-4-7-20(8-5-18)28-16-24-23(27)26-12-10-25(11-13-26)15-19-6-9-21-22(14-19)30-17-29-21/h4-9,14H,2-3,10-13,15-17H2,1H3,(H,24,27). The third-order valence-electron chi connectivity index (χ3n) is 5.43. The summed E-state index contributed by atoms with van der Waals surface area (Å²) in [6.45, 7) is 6.53. The monoisotopic (exact) mass is 411 g/mol. The van der Waals surface area contributed by atoms with Crippen LogP contribution < -0.4 is 19.5 Å². The molecule has 2 aliphatic rings. The van der Waals surface area contributed by atoms with E-state index < -0.39 is 0 Å². The largest absolute Gasteiger partial charge is 0.473 e. The van der Waals surface area contributed by atoms with Crippen molar-refractivity contribution >= 4 is 6.03 Å². The van der Waals surface area contributed by atoms with Gasteiger partial charge in [-0.3, -0.25) is 4.90 Å². The van der Waals surface area contributed by atoms with Crippen LogP contribution in [0, 0.1) is 0 Å². The summed E-state index contributed by atoms with van der Waals surface area (Å²) in [7, 11) is 0. The summed E-state index contributed by atoms with van der Waals surface area (Å²) in [6, 6.07) is 14.0. The lowest BCUT2D eigenvalue weighted by Gasteiger charge is -2.34. The smallest absolute Gasteiger partial charge is 0.320 e. The molecule has 0 spiro atoms. The first kappa shape index (κ1) is 20.3. The molecular weight excluding hydrogens is 382 g/mol. The third kappa shape index (κ3) is 5.16. The van der Waals surface area contributed by atoms with Crippen LogP contribution in [0.2, 0.25) is 0 Å². The Labute approximate surface area is 177 Å². The summed E-state index contributed by atoms with van der Waals surface area (Å²) in [5.74, 6) is 2.38. The van der Waals surface area contributed by atoms with Crippen molar-refractivity contribution in [3.05, 3.63) is 53.6 Å². The topological polar surface area (TPSA) is 63.3 Å². The Hall–Kier alpha value is -2.93. The number of nitrogens with zero attached hydrogens (tertiary/aromatic N) is 2. The first-order valence-corrected chi connectivity index (χ1v) is 10.6. The van der Waals surface area contributed by atoms with Crippen LogP contribution in [0.3, 0.4) is 0 Å². The molecule has 0 atom stereocenters. The van der Waals surface area contributed by atoms with Crippen molar-refractivity contribution in [2.75, 3.05) is 39.7 Å². The summed E-state index contributed by atoms with van der Waals surface area (Å²) in [5, 5.41) is 2.85. The molecule has 0 radical (unpaired) electrons. The second-order valence-corrected chi connectivity index (χ2v) is 7.62. The lowest BCUT2D eigenvalue weighted by atomic mass is 10.1. The molecule has 4 rings (SSSR count). The molecule has 2 aromatic carbocycles. The minimum atomic E-state index is -0.0830. The number of fused-ring (bicyclic) bond motifs is 1. The van der Waals surface area contributed by atoms with Crippen LogP contribution in [0.15, 0.2) is 42.5 Å². The van der Waals surface area contributed by atoms with Crippen molar-refractivity contribution in [2.24, 2.45) is 0 Å². The third-order valence-corrected chi connectivity index (χ3v) is 5.43. The molecule has 0 unspecified atom stereocenters. The highest BCUT2D eigenvalue weighted by atomic mass is 16.7. The van der Waals surface area contributed by atoms with E-state index in [4.69, 9.17) is 14.2 Å². The Kier molecular flexibility index (Phi) is 6.59. The number of nitrogens with one attached hydrogen (secondary N) is 1. The number of benzene rings is 2. The van der Waals surface area contributed by atoms with Crippen molar-refractivity contribution in [1.29, 1.82) is 0 Å². The number of rotatable bonds is 7. The Morgan fingerprint density at radius 1 is 1.00 bits per heavy atom. The maximum atomic E-state index is 12.4. The van der Waals surface area contributed by atoms with Gasteiger partial charge in [-0.1, -0.05) is 31.5 Å². The van der Waals surface area contributed by atoms with E-state index >= 15 is 0 Å². The summed E-state index contributed by atoms with van der Waals surface area (Å²) >= 11 is 0. The van der Waals surface area contributed by atoms with Gasteiger partial charge < -0.3 is 24.4 Å². The second-order valence-electron chi connectivity index (χ2n) is 7.62. The van der Waals surface area contributed by atoms with Crippen molar-refractivity contribution in [2.45, 2.75) is 26.3 Å². The fourth-order valence-corrected chi connectivity index (χ4v) is 3.74. The number of ether oxygens (including phenoxy) is 3. The van der Waals surface area contributed by atoms with Gasteiger partial charge >= 0.3 is 6.03 Å². The van der Waals surface area contributed by atoms with Crippen LogP contribution in [-0.4, -0.2) is 55.5 Å². The van der Waals surface area contributed by atoms with E-state index in [1.807, 2.05) is 29.2 Å². The Bertz CT molecular complexity index is 848. The molecule has 1 N–H and O–H groups in total. The maximum absolute atomic E-state index is 12.4. The quantitative estimate of drug-likeness (QED) is 0.709. The summed E-state index contributed by atoms with van der Waals surface area (Å²) < 4.78 is 16.5. The average molecular weight is 412 g/mol. The van der Waals surface area contributed by atoms with Gasteiger partial charge in [0.15, 0.2) is 18.2 Å². The van der Waals surface area contributed by atoms with Gasteiger partial charge in [0.2, 0.25) is 6.79 Å². The summed E-state index contributed by atoms with van der Waals surface area (Å²) in [6.07, 6.45) is 2.19. The Morgan fingerprint density at radius 3 is 2.50 bits per heavy atom. The lowest BCUT2D eigenvalue weighted by Crippen LogP contribution is -2.51. The van der Waals surface area contributed by atoms with Crippen molar-refractivity contribution in [3.63, 3.8) is 0 Å². The molecule has 0 bridgehead atoms. The predicted molar refractivity (Wildman–Crippen MR) is 114 cm³/mol. The second kappa shape index (κ2) is 9.71. The lowest BCUT2D eigenvalue weighted by molar-refractivity contribution is 0.130. The maximum Gasteiger partial charge on any atom is 0.320 e. The fraction of sp³-hybridized carbons (Fsp3) is 0.435. The molecule has 2 heterocycles. The van der Waals surface area contributed by atoms with Gasteiger partial charge in [0.25, 0.3) is 0 Å². The zero-order valence-electron chi connectivity index (χ0n) is 17.4. The number of amides is 2. The predicted octanol–water partition coefficient (Wildman–Crippen LogP) is 3.23. The highest BCUT2D eigenvalue weighted by Crippen LogP contribution is 2.32. The molecular formula is C23H29N3O4. The van der Waals surface area contributed by atoms with E-state index in [9.17, 15) is 4.79 Å². The molecule has 2 amide bonds. The Morgan fingerprint density at radius 2 is 1.73 bits per heavy atom. The van der Waals surface area contributed by atoms with Gasteiger partial charge in [-0.2, -0.15) is 0 Å². The zero-order valence-corrected chi connectivity index (χ0v) is 17.4. The van der Waals surface area contributed by atoms with E-state index in [2.05, 4.69) is 35.3 Å².